The van der Waals surface area contributed by atoms with Crippen molar-refractivity contribution >= 4 is 33.3 Å². The summed E-state index contributed by atoms with van der Waals surface area (Å²) in [6.07, 6.45) is 0. The third-order valence-corrected chi connectivity index (χ3v) is 10.9. The van der Waals surface area contributed by atoms with Crippen molar-refractivity contribution in [2.24, 2.45) is 0 Å². The van der Waals surface area contributed by atoms with Crippen LogP contribution in [0.25, 0.3) is 89.1 Å². The molecule has 0 fully saturated rings. The van der Waals surface area contributed by atoms with E-state index in [-0.39, 0.29) is 0 Å². The Morgan fingerprint density at radius 3 is 1.71 bits per heavy atom. The van der Waals surface area contributed by atoms with E-state index in [4.69, 9.17) is 15.0 Å². The second-order valence-electron chi connectivity index (χ2n) is 12.8. The van der Waals surface area contributed by atoms with Crippen LogP contribution in [0.4, 0.5) is 0 Å². The Balaban J connectivity index is 1.10. The van der Waals surface area contributed by atoms with E-state index in [9.17, 15) is 0 Å². The van der Waals surface area contributed by atoms with Crippen molar-refractivity contribution in [3.05, 3.63) is 176 Å². The van der Waals surface area contributed by atoms with Gasteiger partial charge >= 0.3 is 0 Å². The second kappa shape index (κ2) is 12.2. The smallest absolute Gasteiger partial charge is 0.165 e. The molecule has 1 aliphatic heterocycles. The van der Waals surface area contributed by atoms with Crippen LogP contribution >= 0.6 is 11.8 Å². The molecule has 0 amide bonds. The Kier molecular flexibility index (Phi) is 7.07. The summed E-state index contributed by atoms with van der Waals surface area (Å²) in [7, 11) is 0. The van der Waals surface area contributed by atoms with Crippen LogP contribution in [0.5, 0.6) is 0 Å². The maximum Gasteiger partial charge on any atom is 0.165 e. The first kappa shape index (κ1) is 29.5. The van der Waals surface area contributed by atoms with E-state index in [1.807, 2.05) is 18.2 Å². The van der Waals surface area contributed by atoms with Crippen LogP contribution < -0.4 is 0 Å². The molecule has 0 aliphatic carbocycles. The fourth-order valence-electron chi connectivity index (χ4n) is 7.22. The molecule has 0 saturated carbocycles. The molecule has 10 rings (SSSR count). The van der Waals surface area contributed by atoms with Crippen molar-refractivity contribution in [3.63, 3.8) is 0 Å². The predicted molar refractivity (Wildman–Crippen MR) is 212 cm³/mol. The van der Waals surface area contributed by atoms with E-state index in [1.165, 1.54) is 54.3 Å². The van der Waals surface area contributed by atoms with Gasteiger partial charge in [0.1, 0.15) is 0 Å². The van der Waals surface area contributed by atoms with Crippen LogP contribution in [0.2, 0.25) is 0 Å². The zero-order chi connectivity index (χ0) is 33.7. The molecule has 0 unspecified atom stereocenters. The molecule has 9 aromatic rings. The third-order valence-electron chi connectivity index (χ3n) is 9.74. The molecule has 1 aliphatic rings. The molecule has 0 N–H and O–H groups in total. The van der Waals surface area contributed by atoms with Crippen LogP contribution in [0.3, 0.4) is 0 Å². The van der Waals surface area contributed by atoms with Crippen molar-refractivity contribution in [1.29, 1.82) is 0 Å². The van der Waals surface area contributed by atoms with Gasteiger partial charge in [0, 0.05) is 31.9 Å². The number of rotatable bonds is 5. The van der Waals surface area contributed by atoms with Gasteiger partial charge in [-0.25, -0.2) is 15.0 Å². The van der Waals surface area contributed by atoms with Gasteiger partial charge in [0.05, 0.1) is 0 Å². The molecule has 1 aromatic heterocycles. The van der Waals surface area contributed by atoms with Crippen LogP contribution in [0.15, 0.2) is 186 Å². The van der Waals surface area contributed by atoms with Crippen LogP contribution in [-0.2, 0) is 0 Å². The minimum atomic E-state index is 0.650. The zero-order valence-electron chi connectivity index (χ0n) is 27.5. The van der Waals surface area contributed by atoms with Crippen molar-refractivity contribution in [1.82, 2.24) is 15.0 Å². The lowest BCUT2D eigenvalue weighted by molar-refractivity contribution is 1.07. The normalized spacial score (nSPS) is 11.8. The lowest BCUT2D eigenvalue weighted by atomic mass is 9.92. The predicted octanol–water partition coefficient (Wildman–Crippen LogP) is 12.6. The zero-order valence-corrected chi connectivity index (χ0v) is 28.3. The molecule has 8 aromatic carbocycles. The van der Waals surface area contributed by atoms with Crippen molar-refractivity contribution in [2.75, 3.05) is 0 Å². The summed E-state index contributed by atoms with van der Waals surface area (Å²) in [5.74, 6) is 1.97. The highest BCUT2D eigenvalue weighted by atomic mass is 32.2. The lowest BCUT2D eigenvalue weighted by Crippen LogP contribution is -2.02. The van der Waals surface area contributed by atoms with Crippen LogP contribution in [-0.4, -0.2) is 15.0 Å². The summed E-state index contributed by atoms with van der Waals surface area (Å²) in [5, 5.41) is 5.03. The van der Waals surface area contributed by atoms with E-state index in [2.05, 4.69) is 158 Å². The fourth-order valence-corrected chi connectivity index (χ4v) is 8.46. The summed E-state index contributed by atoms with van der Waals surface area (Å²) in [4.78, 5) is 17.7. The van der Waals surface area contributed by atoms with E-state index in [0.717, 1.165) is 27.1 Å². The van der Waals surface area contributed by atoms with E-state index in [1.54, 1.807) is 11.8 Å². The Morgan fingerprint density at radius 1 is 0.333 bits per heavy atom. The van der Waals surface area contributed by atoms with E-state index >= 15 is 0 Å². The minimum absolute atomic E-state index is 0.650. The largest absolute Gasteiger partial charge is 0.208 e. The molecule has 4 heteroatoms. The monoisotopic (exact) mass is 667 g/mol. The van der Waals surface area contributed by atoms with Gasteiger partial charge in [-0.15, -0.1) is 0 Å². The Morgan fingerprint density at radius 2 is 0.922 bits per heavy atom. The Labute approximate surface area is 300 Å². The molecule has 0 saturated heterocycles. The van der Waals surface area contributed by atoms with Gasteiger partial charge in [0.25, 0.3) is 0 Å². The number of hydrogen-bond donors (Lipinski definition) is 0. The van der Waals surface area contributed by atoms with Crippen LogP contribution in [0, 0.1) is 0 Å². The summed E-state index contributed by atoms with van der Waals surface area (Å²) in [5.41, 5.74) is 10.1. The summed E-state index contributed by atoms with van der Waals surface area (Å²) >= 11 is 1.80. The van der Waals surface area contributed by atoms with Gasteiger partial charge in [-0.3, -0.25) is 0 Å². The average Bonchev–Trinajstić information content (AvgIpc) is 3.21. The number of aromatic nitrogens is 3. The first-order valence-electron chi connectivity index (χ1n) is 17.1. The van der Waals surface area contributed by atoms with Crippen LogP contribution in [0.1, 0.15) is 0 Å². The molecule has 2 heterocycles. The van der Waals surface area contributed by atoms with Gasteiger partial charge in [-0.1, -0.05) is 169 Å². The molecular weight excluding hydrogens is 639 g/mol. The maximum atomic E-state index is 5.17. The molecule has 0 bridgehead atoms. The Bertz CT molecular complexity index is 2760. The summed E-state index contributed by atoms with van der Waals surface area (Å²) in [6.45, 7) is 0. The standard InChI is InChI=1S/C47H29N3S/c1-3-12-32(13-4-1)37-27-28-42-43-38(37)17-9-18-39(43)40-19-10-20-41(44(40)51-42)47-49-45(33-14-5-2-6-15-33)48-46(50-47)34-24-21-31(22-25-34)36-26-23-30-11-7-8-16-35(30)29-36/h1-29H. The van der Waals surface area contributed by atoms with E-state index in [0.29, 0.717) is 17.5 Å². The maximum absolute atomic E-state index is 5.17. The molecular formula is C47H29N3S. The topological polar surface area (TPSA) is 38.7 Å². The first-order valence-corrected chi connectivity index (χ1v) is 17.9. The molecule has 238 valence electrons. The molecule has 0 spiro atoms. The minimum Gasteiger partial charge on any atom is -0.208 e. The SMILES string of the molecule is c1ccc(-c2nc(-c3ccc(-c4ccc5ccccc5c4)cc3)nc(-c3cccc4c3Sc3ccc(-c5ccccc5)c5cccc-4c35)n2)cc1. The van der Waals surface area contributed by atoms with Gasteiger partial charge in [0.15, 0.2) is 17.5 Å². The summed E-state index contributed by atoms with van der Waals surface area (Å²) in [6, 6.07) is 62.2. The van der Waals surface area contributed by atoms with Gasteiger partial charge in [-0.2, -0.15) is 0 Å². The quantitative estimate of drug-likeness (QED) is 0.183. The van der Waals surface area contributed by atoms with Gasteiger partial charge < -0.3 is 0 Å². The van der Waals surface area contributed by atoms with Crippen molar-refractivity contribution < 1.29 is 0 Å². The lowest BCUT2D eigenvalue weighted by Gasteiger charge is -2.23. The highest BCUT2D eigenvalue weighted by Crippen LogP contribution is 2.52. The third kappa shape index (κ3) is 5.20. The highest BCUT2D eigenvalue weighted by molar-refractivity contribution is 8.00. The number of benzene rings is 8. The van der Waals surface area contributed by atoms with Gasteiger partial charge in [0.2, 0.25) is 0 Å². The number of hydrogen-bond acceptors (Lipinski definition) is 4. The first-order chi connectivity index (χ1) is 25.3. The second-order valence-corrected chi connectivity index (χ2v) is 13.9. The Hall–Kier alpha value is -6.36. The summed E-state index contributed by atoms with van der Waals surface area (Å²) < 4.78 is 0. The van der Waals surface area contributed by atoms with Crippen molar-refractivity contribution in [3.8, 4) is 67.5 Å². The fraction of sp³-hybridized carbons (Fsp3) is 0. The van der Waals surface area contributed by atoms with E-state index < -0.39 is 0 Å². The molecule has 0 atom stereocenters. The average molecular weight is 668 g/mol. The highest BCUT2D eigenvalue weighted by Gasteiger charge is 2.25. The molecule has 0 radical (unpaired) electrons. The molecule has 51 heavy (non-hydrogen) atoms. The van der Waals surface area contributed by atoms with Gasteiger partial charge in [-0.05, 0) is 67.7 Å². The molecule has 3 nitrogen and oxygen atoms in total. The van der Waals surface area contributed by atoms with Crippen molar-refractivity contribution in [2.45, 2.75) is 9.79 Å². The number of fused-ring (bicyclic) bond motifs is 3. The number of nitrogens with zero attached hydrogens (tertiary/aromatic N) is 3.